The van der Waals surface area contributed by atoms with E-state index in [2.05, 4.69) is 19.6 Å². The number of nitrogens with zero attached hydrogens (tertiary/aromatic N) is 5. The predicted octanol–water partition coefficient (Wildman–Crippen LogP) is 5.42. The highest BCUT2D eigenvalue weighted by Crippen LogP contribution is 2.50. The summed E-state index contributed by atoms with van der Waals surface area (Å²) in [6, 6.07) is 6.12. The summed E-state index contributed by atoms with van der Waals surface area (Å²) in [6.45, 7) is 26.4. The average Bonchev–Trinajstić information content (AvgIpc) is 3.00. The van der Waals surface area contributed by atoms with E-state index in [0.717, 1.165) is 13.1 Å². The molecular formula is C36H66N5O10P. The predicted molar refractivity (Wildman–Crippen MR) is 201 cm³/mol. The van der Waals surface area contributed by atoms with Gasteiger partial charge in [-0.2, -0.15) is 0 Å². The fourth-order valence-electron chi connectivity index (χ4n) is 5.33. The molecule has 1 aliphatic rings. The first-order valence-corrected chi connectivity index (χ1v) is 20.3. The van der Waals surface area contributed by atoms with E-state index in [1.165, 1.54) is 12.1 Å². The van der Waals surface area contributed by atoms with Gasteiger partial charge in [0, 0.05) is 77.6 Å². The fourth-order valence-corrected chi connectivity index (χ4v) is 7.73. The second kappa shape index (κ2) is 21.7. The van der Waals surface area contributed by atoms with Crippen LogP contribution >= 0.6 is 7.37 Å². The molecule has 0 amide bonds. The van der Waals surface area contributed by atoms with E-state index in [4.69, 9.17) is 28.8 Å². The standard InChI is InChI=1S/C36H66N5O10P/c1-11-48-52(45,29-31-12-14-32(15-13-31)41(43)44)30-40-22-19-38(25-27-47-51-36(8,9)10)17-16-37(24-26-46-50-35(5,6)7)18-20-39(21-23-40)28-33(42)49-34(2,3)4/h12-15H,11,16-30H2,1-10H3. The Hall–Kier alpha value is -2.04. The van der Waals surface area contributed by atoms with E-state index < -0.39 is 29.1 Å². The molecule has 0 saturated carbocycles. The zero-order chi connectivity index (χ0) is 39.0. The third kappa shape index (κ3) is 21.0. The molecule has 1 heterocycles. The minimum atomic E-state index is -3.26. The Morgan fingerprint density at radius 3 is 1.58 bits per heavy atom. The molecule has 16 heteroatoms. The van der Waals surface area contributed by atoms with Gasteiger partial charge in [-0.05, 0) is 74.8 Å². The largest absolute Gasteiger partial charge is 0.459 e. The Labute approximate surface area is 311 Å². The van der Waals surface area contributed by atoms with Crippen LogP contribution in [0.5, 0.6) is 0 Å². The molecule has 1 saturated heterocycles. The summed E-state index contributed by atoms with van der Waals surface area (Å²) >= 11 is 0. The number of hydrogen-bond donors (Lipinski definition) is 0. The van der Waals surface area contributed by atoms with Gasteiger partial charge in [0.2, 0.25) is 7.37 Å². The van der Waals surface area contributed by atoms with Crippen molar-refractivity contribution in [3.8, 4) is 0 Å². The van der Waals surface area contributed by atoms with Crippen molar-refractivity contribution >= 4 is 19.0 Å². The molecule has 1 atom stereocenters. The van der Waals surface area contributed by atoms with Crippen LogP contribution < -0.4 is 0 Å². The molecular weight excluding hydrogens is 693 g/mol. The van der Waals surface area contributed by atoms with Crippen molar-refractivity contribution in [1.29, 1.82) is 0 Å². The minimum absolute atomic E-state index is 0.0237. The first kappa shape index (κ1) is 46.1. The van der Waals surface area contributed by atoms with Crippen molar-refractivity contribution < 1.29 is 43.1 Å². The van der Waals surface area contributed by atoms with Crippen LogP contribution in [0.3, 0.4) is 0 Å². The number of rotatable bonds is 17. The third-order valence-electron chi connectivity index (χ3n) is 7.65. The molecule has 1 aromatic rings. The second-order valence-electron chi connectivity index (χ2n) is 16.2. The van der Waals surface area contributed by atoms with Gasteiger partial charge in [0.05, 0.1) is 54.9 Å². The highest BCUT2D eigenvalue weighted by molar-refractivity contribution is 7.58. The number of carbonyl (C=O) groups is 1. The molecule has 52 heavy (non-hydrogen) atoms. The van der Waals surface area contributed by atoms with Gasteiger partial charge in [0.15, 0.2) is 0 Å². The van der Waals surface area contributed by atoms with Gasteiger partial charge in [-0.3, -0.25) is 39.1 Å². The summed E-state index contributed by atoms with van der Waals surface area (Å²) in [7, 11) is -3.26. The maximum Gasteiger partial charge on any atom is 0.320 e. The molecule has 0 spiro atoms. The molecule has 1 aliphatic heterocycles. The van der Waals surface area contributed by atoms with Crippen LogP contribution in [0, 0.1) is 10.1 Å². The van der Waals surface area contributed by atoms with Crippen LogP contribution in [-0.2, 0) is 44.3 Å². The zero-order valence-electron chi connectivity index (χ0n) is 33.4. The van der Waals surface area contributed by atoms with E-state index in [1.807, 2.05) is 69.2 Å². The Morgan fingerprint density at radius 1 is 0.731 bits per heavy atom. The molecule has 15 nitrogen and oxygen atoms in total. The second-order valence-corrected chi connectivity index (χ2v) is 18.6. The summed E-state index contributed by atoms with van der Waals surface area (Å²) in [5.41, 5.74) is -0.779. The molecule has 1 unspecified atom stereocenters. The van der Waals surface area contributed by atoms with Crippen molar-refractivity contribution in [2.45, 2.75) is 92.2 Å². The van der Waals surface area contributed by atoms with Crippen LogP contribution in [0.25, 0.3) is 0 Å². The van der Waals surface area contributed by atoms with Crippen LogP contribution in [0.1, 0.15) is 74.8 Å². The molecule has 0 radical (unpaired) electrons. The Balaban J connectivity index is 2.32. The first-order valence-electron chi connectivity index (χ1n) is 18.3. The lowest BCUT2D eigenvalue weighted by atomic mass is 10.2. The quantitative estimate of drug-likeness (QED) is 0.0497. The molecule has 0 aromatic heterocycles. The highest BCUT2D eigenvalue weighted by atomic mass is 31.2. The average molecular weight is 760 g/mol. The van der Waals surface area contributed by atoms with Gasteiger partial charge in [-0.25, -0.2) is 19.6 Å². The number of ether oxygens (including phenoxy) is 1. The maximum absolute atomic E-state index is 14.4. The molecule has 300 valence electrons. The van der Waals surface area contributed by atoms with Crippen LogP contribution in [-0.4, -0.2) is 145 Å². The smallest absolute Gasteiger partial charge is 0.320 e. The van der Waals surface area contributed by atoms with Gasteiger partial charge in [0.25, 0.3) is 5.69 Å². The summed E-state index contributed by atoms with van der Waals surface area (Å²) in [5, 5.41) is 11.2. The summed E-state index contributed by atoms with van der Waals surface area (Å²) in [4.78, 5) is 54.7. The number of benzene rings is 1. The van der Waals surface area contributed by atoms with Gasteiger partial charge >= 0.3 is 5.97 Å². The van der Waals surface area contributed by atoms with Crippen molar-refractivity contribution in [2.24, 2.45) is 0 Å². The SMILES string of the molecule is CCOP(=O)(Cc1ccc([N+](=O)[O-])cc1)CN1CCN(CCOOC(C)(C)C)CCN(CCOOC(C)(C)C)CCN(CC(=O)OC(C)(C)C)CC1. The van der Waals surface area contributed by atoms with Crippen molar-refractivity contribution in [3.63, 3.8) is 0 Å². The molecule has 0 bridgehead atoms. The maximum atomic E-state index is 14.4. The molecule has 0 N–H and O–H groups in total. The van der Waals surface area contributed by atoms with Crippen molar-refractivity contribution in [2.75, 3.05) is 98.1 Å². The lowest BCUT2D eigenvalue weighted by Gasteiger charge is -2.35. The van der Waals surface area contributed by atoms with Gasteiger partial charge in [-0.1, -0.05) is 12.1 Å². The monoisotopic (exact) mass is 759 g/mol. The molecule has 0 aliphatic carbocycles. The van der Waals surface area contributed by atoms with E-state index in [-0.39, 0.29) is 37.3 Å². The Kier molecular flexibility index (Phi) is 19.3. The van der Waals surface area contributed by atoms with Crippen molar-refractivity contribution in [1.82, 2.24) is 19.6 Å². The summed E-state index contributed by atoms with van der Waals surface area (Å²) in [5.74, 6) is -0.304. The summed E-state index contributed by atoms with van der Waals surface area (Å²) in [6.07, 6.45) is 0.335. The first-order chi connectivity index (χ1) is 24.2. The highest BCUT2D eigenvalue weighted by Gasteiger charge is 2.29. The normalized spacial score (nSPS) is 18.3. The number of esters is 1. The summed E-state index contributed by atoms with van der Waals surface area (Å²) < 4.78 is 26.1. The number of nitro benzene ring substituents is 1. The lowest BCUT2D eigenvalue weighted by molar-refractivity contribution is -0.384. The Bertz CT molecular complexity index is 1250. The molecule has 1 fully saturated rings. The Morgan fingerprint density at radius 2 is 1.17 bits per heavy atom. The lowest BCUT2D eigenvalue weighted by Crippen LogP contribution is -2.48. The van der Waals surface area contributed by atoms with Gasteiger partial charge < -0.3 is 9.26 Å². The van der Waals surface area contributed by atoms with E-state index in [9.17, 15) is 19.5 Å². The van der Waals surface area contributed by atoms with Gasteiger partial charge in [0.1, 0.15) is 5.60 Å². The minimum Gasteiger partial charge on any atom is -0.459 e. The molecule has 2 rings (SSSR count). The topological polar surface area (TPSA) is 146 Å². The fraction of sp³-hybridized carbons (Fsp3) is 0.806. The molecule has 1 aromatic carbocycles. The van der Waals surface area contributed by atoms with Crippen LogP contribution in [0.2, 0.25) is 0 Å². The van der Waals surface area contributed by atoms with E-state index >= 15 is 0 Å². The zero-order valence-corrected chi connectivity index (χ0v) is 34.3. The van der Waals surface area contributed by atoms with E-state index in [1.54, 1.807) is 12.1 Å². The van der Waals surface area contributed by atoms with Crippen LogP contribution in [0.15, 0.2) is 24.3 Å². The number of nitro groups is 1. The van der Waals surface area contributed by atoms with E-state index in [0.29, 0.717) is 71.1 Å². The number of non-ortho nitro benzene ring substituents is 1. The van der Waals surface area contributed by atoms with Gasteiger partial charge in [-0.15, -0.1) is 0 Å². The third-order valence-corrected chi connectivity index (χ3v) is 10.1. The number of carbonyl (C=O) groups excluding carboxylic acids is 1. The van der Waals surface area contributed by atoms with Crippen LogP contribution in [0.4, 0.5) is 5.69 Å². The number of hydrogen-bond acceptors (Lipinski definition) is 14. The van der Waals surface area contributed by atoms with Crippen molar-refractivity contribution in [3.05, 3.63) is 39.9 Å².